The zero-order valence-electron chi connectivity index (χ0n) is 16.4. The van der Waals surface area contributed by atoms with Crippen LogP contribution in [0.5, 0.6) is 5.75 Å². The van der Waals surface area contributed by atoms with Crippen molar-refractivity contribution >= 4 is 28.8 Å². The van der Waals surface area contributed by atoms with Crippen molar-refractivity contribution in [3.05, 3.63) is 36.5 Å². The number of thiocarbonyl (C=S) groups is 1. The average Bonchev–Trinajstić information content (AvgIpc) is 3.12. The van der Waals surface area contributed by atoms with E-state index >= 15 is 0 Å². The molecule has 148 valence electrons. The predicted molar refractivity (Wildman–Crippen MR) is 116 cm³/mol. The lowest BCUT2D eigenvalue weighted by Crippen LogP contribution is -2.52. The number of hydrogen-bond donors (Lipinski definition) is 2. The molecule has 4 aliphatic carbocycles. The van der Waals surface area contributed by atoms with Gasteiger partial charge in [-0.3, -0.25) is 4.68 Å². The Kier molecular flexibility index (Phi) is 4.54. The zero-order chi connectivity index (χ0) is 19.1. The van der Waals surface area contributed by atoms with Gasteiger partial charge in [-0.15, -0.1) is 0 Å². The molecule has 1 aromatic heterocycles. The van der Waals surface area contributed by atoms with Crippen LogP contribution in [0.25, 0.3) is 0 Å². The van der Waals surface area contributed by atoms with Gasteiger partial charge in [0.2, 0.25) is 0 Å². The van der Waals surface area contributed by atoms with Crippen molar-refractivity contribution in [2.45, 2.75) is 51.0 Å². The van der Waals surface area contributed by atoms with Crippen LogP contribution in [0.4, 0.5) is 11.5 Å². The fourth-order valence-electron chi connectivity index (χ4n) is 6.08. The fourth-order valence-corrected chi connectivity index (χ4v) is 6.30. The van der Waals surface area contributed by atoms with Crippen molar-refractivity contribution in [3.63, 3.8) is 0 Å². The maximum absolute atomic E-state index is 5.48. The highest BCUT2D eigenvalue weighted by Gasteiger charge is 2.52. The number of nitrogens with zero attached hydrogens (tertiary/aromatic N) is 2. The molecule has 4 saturated carbocycles. The van der Waals surface area contributed by atoms with Gasteiger partial charge in [-0.25, -0.2) is 0 Å². The van der Waals surface area contributed by atoms with Crippen molar-refractivity contribution in [2.24, 2.45) is 17.8 Å². The van der Waals surface area contributed by atoms with E-state index < -0.39 is 0 Å². The minimum atomic E-state index is 0.249. The summed E-state index contributed by atoms with van der Waals surface area (Å²) in [5.41, 5.74) is 1.18. The van der Waals surface area contributed by atoms with Gasteiger partial charge in [-0.05, 0) is 99.7 Å². The van der Waals surface area contributed by atoms with Crippen molar-refractivity contribution < 1.29 is 4.74 Å². The highest BCUT2D eigenvalue weighted by Crippen LogP contribution is 2.58. The number of aromatic nitrogens is 2. The molecule has 4 bridgehead atoms. The molecular formula is C22H28N4OS. The Bertz CT molecular complexity index is 824. The van der Waals surface area contributed by atoms with E-state index in [0.29, 0.717) is 11.7 Å². The van der Waals surface area contributed by atoms with E-state index in [9.17, 15) is 0 Å². The Hall–Kier alpha value is -2.08. The number of nitrogens with one attached hydrogen (secondary N) is 2. The van der Waals surface area contributed by atoms with Crippen LogP contribution in [0.15, 0.2) is 36.5 Å². The van der Waals surface area contributed by atoms with Crippen LogP contribution in [0.1, 0.15) is 45.4 Å². The smallest absolute Gasteiger partial charge is 0.176 e. The van der Waals surface area contributed by atoms with Crippen LogP contribution >= 0.6 is 12.2 Å². The van der Waals surface area contributed by atoms with Gasteiger partial charge in [0.05, 0.1) is 12.1 Å². The molecule has 0 aliphatic heterocycles. The summed E-state index contributed by atoms with van der Waals surface area (Å²) in [6, 6.07) is 9.86. The zero-order valence-corrected chi connectivity index (χ0v) is 17.2. The molecule has 2 N–H and O–H groups in total. The van der Waals surface area contributed by atoms with Gasteiger partial charge >= 0.3 is 0 Å². The number of benzene rings is 1. The Labute approximate surface area is 171 Å². The fraction of sp³-hybridized carbons (Fsp3) is 0.545. The molecule has 0 saturated heterocycles. The normalized spacial score (nSPS) is 30.2. The summed E-state index contributed by atoms with van der Waals surface area (Å²) in [4.78, 5) is 0. The number of hydrogen-bond acceptors (Lipinski definition) is 3. The number of ether oxygens (including phenoxy) is 1. The van der Waals surface area contributed by atoms with Crippen molar-refractivity contribution in [1.29, 1.82) is 0 Å². The summed E-state index contributed by atoms with van der Waals surface area (Å²) in [6.07, 6.45) is 10.4. The number of rotatable bonds is 5. The van der Waals surface area contributed by atoms with Crippen molar-refractivity contribution in [1.82, 2.24) is 9.78 Å². The quantitative estimate of drug-likeness (QED) is 0.695. The maximum Gasteiger partial charge on any atom is 0.176 e. The Morgan fingerprint density at radius 1 is 1.07 bits per heavy atom. The van der Waals surface area contributed by atoms with Gasteiger partial charge in [-0.1, -0.05) is 0 Å². The molecule has 6 rings (SSSR count). The summed E-state index contributed by atoms with van der Waals surface area (Å²) in [7, 11) is 0. The van der Waals surface area contributed by atoms with Gasteiger partial charge in [0.1, 0.15) is 5.75 Å². The van der Waals surface area contributed by atoms with Gasteiger partial charge in [0.15, 0.2) is 10.9 Å². The third-order valence-electron chi connectivity index (χ3n) is 6.75. The molecule has 4 aliphatic rings. The predicted octanol–water partition coefficient (Wildman–Crippen LogP) is 5.02. The molecule has 1 heterocycles. The molecule has 0 spiro atoms. The lowest BCUT2D eigenvalue weighted by Gasteiger charge is -2.56. The van der Waals surface area contributed by atoms with Crippen molar-refractivity contribution in [3.8, 4) is 5.75 Å². The first-order chi connectivity index (χ1) is 13.6. The molecule has 4 fully saturated rings. The first-order valence-corrected chi connectivity index (χ1v) is 10.9. The van der Waals surface area contributed by atoms with Gasteiger partial charge in [0.25, 0.3) is 0 Å². The van der Waals surface area contributed by atoms with E-state index in [1.54, 1.807) is 0 Å². The van der Waals surface area contributed by atoms with E-state index in [2.05, 4.69) is 21.5 Å². The highest BCUT2D eigenvalue weighted by atomic mass is 32.1. The Morgan fingerprint density at radius 3 is 2.32 bits per heavy atom. The molecule has 0 atom stereocenters. The van der Waals surface area contributed by atoms with Crippen LogP contribution in [0.3, 0.4) is 0 Å². The highest BCUT2D eigenvalue weighted by molar-refractivity contribution is 7.80. The molecule has 5 nitrogen and oxygen atoms in total. The molecule has 2 aromatic rings. The van der Waals surface area contributed by atoms with E-state index in [1.807, 2.05) is 37.3 Å². The number of anilines is 2. The minimum Gasteiger partial charge on any atom is -0.494 e. The summed E-state index contributed by atoms with van der Waals surface area (Å²) in [5, 5.41) is 11.9. The third kappa shape index (κ3) is 3.39. The minimum absolute atomic E-state index is 0.249. The van der Waals surface area contributed by atoms with Crippen LogP contribution in [-0.2, 0) is 5.54 Å². The second-order valence-corrected chi connectivity index (χ2v) is 9.23. The van der Waals surface area contributed by atoms with E-state index in [1.165, 1.54) is 38.5 Å². The SMILES string of the molecule is CCOc1ccc(NC(=S)Nc2ccn(C34CC5CC(CC(C5)C3)C4)n2)cc1. The summed E-state index contributed by atoms with van der Waals surface area (Å²) >= 11 is 5.48. The summed E-state index contributed by atoms with van der Waals surface area (Å²) in [5.74, 6) is 4.42. The standard InChI is InChI=1S/C22H28N4OS/c1-2-27-19-5-3-18(4-6-19)23-21(28)24-20-7-8-26(25-20)22-12-15-9-16(13-22)11-17(10-15)14-22/h3-8,15-17H,2,9-14H2,1H3,(H2,23,24,25,28). The van der Waals surface area contributed by atoms with Gasteiger partial charge in [0, 0.05) is 18.0 Å². The third-order valence-corrected chi connectivity index (χ3v) is 6.95. The monoisotopic (exact) mass is 396 g/mol. The lowest BCUT2D eigenvalue weighted by atomic mass is 9.53. The summed E-state index contributed by atoms with van der Waals surface area (Å²) < 4.78 is 7.73. The van der Waals surface area contributed by atoms with E-state index in [0.717, 1.165) is 35.0 Å². The molecule has 0 unspecified atom stereocenters. The van der Waals surface area contributed by atoms with Crippen LogP contribution in [0.2, 0.25) is 0 Å². The first kappa shape index (κ1) is 18.0. The Balaban J connectivity index is 1.24. The van der Waals surface area contributed by atoms with Gasteiger partial charge in [-0.2, -0.15) is 5.10 Å². The van der Waals surface area contributed by atoms with Crippen molar-refractivity contribution in [2.75, 3.05) is 17.2 Å². The Morgan fingerprint density at radius 2 is 1.71 bits per heavy atom. The molecular weight excluding hydrogens is 368 g/mol. The van der Waals surface area contributed by atoms with E-state index in [-0.39, 0.29) is 5.54 Å². The topological polar surface area (TPSA) is 51.1 Å². The molecule has 1 aromatic carbocycles. The molecule has 0 radical (unpaired) electrons. The molecule has 28 heavy (non-hydrogen) atoms. The maximum atomic E-state index is 5.48. The van der Waals surface area contributed by atoms with Gasteiger partial charge < -0.3 is 15.4 Å². The van der Waals surface area contributed by atoms with Crippen LogP contribution in [-0.4, -0.2) is 21.5 Å². The lowest BCUT2D eigenvalue weighted by molar-refractivity contribution is -0.0492. The average molecular weight is 397 g/mol. The second kappa shape index (κ2) is 7.07. The van der Waals surface area contributed by atoms with E-state index in [4.69, 9.17) is 22.1 Å². The molecule has 6 heteroatoms. The van der Waals surface area contributed by atoms with Crippen LogP contribution < -0.4 is 15.4 Å². The first-order valence-electron chi connectivity index (χ1n) is 10.5. The second-order valence-electron chi connectivity index (χ2n) is 8.82. The molecule has 0 amide bonds. The van der Waals surface area contributed by atoms with Crippen LogP contribution in [0, 0.1) is 17.8 Å². The summed E-state index contributed by atoms with van der Waals surface area (Å²) in [6.45, 7) is 2.65. The largest absolute Gasteiger partial charge is 0.494 e.